The summed E-state index contributed by atoms with van der Waals surface area (Å²) in [5, 5.41) is 18.5. The lowest BCUT2D eigenvalue weighted by Gasteiger charge is -2.37. The van der Waals surface area contributed by atoms with E-state index in [9.17, 15) is 14.4 Å². The third kappa shape index (κ3) is 2.68. The Labute approximate surface area is 140 Å². The van der Waals surface area contributed by atoms with Crippen molar-refractivity contribution in [3.8, 4) is 0 Å². The number of benzene rings is 1. The topological polar surface area (TPSA) is 73.0 Å². The van der Waals surface area contributed by atoms with Crippen molar-refractivity contribution < 1.29 is 18.9 Å². The summed E-state index contributed by atoms with van der Waals surface area (Å²) in [6.45, 7) is 3.94. The Morgan fingerprint density at radius 3 is 2.62 bits per heavy atom. The molecule has 24 heavy (non-hydrogen) atoms. The maximum Gasteiger partial charge on any atom is 0.488 e. The predicted molar refractivity (Wildman–Crippen MR) is 89.8 cm³/mol. The van der Waals surface area contributed by atoms with Gasteiger partial charge in [0.15, 0.2) is 11.4 Å². The minimum Gasteiger partial charge on any atom is -0.423 e. The van der Waals surface area contributed by atoms with E-state index in [4.69, 9.17) is 4.42 Å². The predicted octanol–water partition coefficient (Wildman–Crippen LogP) is 0.569. The summed E-state index contributed by atoms with van der Waals surface area (Å²) < 4.78 is 19.9. The molecule has 0 bridgehead atoms. The van der Waals surface area contributed by atoms with Crippen LogP contribution in [0.15, 0.2) is 16.5 Å². The number of anilines is 1. The molecule has 0 saturated carbocycles. The van der Waals surface area contributed by atoms with E-state index in [1.807, 2.05) is 0 Å². The number of aromatic nitrogens is 1. The third-order valence-corrected chi connectivity index (χ3v) is 5.51. The van der Waals surface area contributed by atoms with E-state index in [1.54, 1.807) is 0 Å². The van der Waals surface area contributed by atoms with Gasteiger partial charge >= 0.3 is 7.12 Å². The van der Waals surface area contributed by atoms with Gasteiger partial charge in [-0.15, -0.1) is 0 Å². The Bertz CT molecular complexity index is 758. The largest absolute Gasteiger partial charge is 0.488 e. The third-order valence-electron chi connectivity index (χ3n) is 5.51. The molecule has 2 aromatic rings. The number of fused-ring (bicyclic) bond motifs is 1. The molecule has 6 nitrogen and oxygen atoms in total. The molecule has 0 unspecified atom stereocenters. The molecule has 3 heterocycles. The van der Waals surface area contributed by atoms with Crippen LogP contribution in [0.5, 0.6) is 0 Å². The van der Waals surface area contributed by atoms with Gasteiger partial charge in [0.1, 0.15) is 5.52 Å². The molecule has 1 aromatic heterocycles. The van der Waals surface area contributed by atoms with Crippen LogP contribution < -0.4 is 10.4 Å². The normalized spacial score (nSPS) is 21.1. The maximum atomic E-state index is 14.1. The van der Waals surface area contributed by atoms with Crippen molar-refractivity contribution in [2.45, 2.75) is 19.3 Å². The molecule has 8 heteroatoms. The molecule has 0 radical (unpaired) electrons. The van der Waals surface area contributed by atoms with E-state index in [0.29, 0.717) is 11.4 Å². The first-order valence-corrected chi connectivity index (χ1v) is 8.35. The Morgan fingerprint density at radius 1 is 1.21 bits per heavy atom. The van der Waals surface area contributed by atoms with Crippen molar-refractivity contribution in [2.75, 3.05) is 38.1 Å². The van der Waals surface area contributed by atoms with Crippen LogP contribution in [-0.2, 0) is 0 Å². The number of nitrogens with zero attached hydrogens (tertiary/aromatic N) is 3. The summed E-state index contributed by atoms with van der Waals surface area (Å²) in [6, 6.07) is 2.94. The van der Waals surface area contributed by atoms with Crippen molar-refractivity contribution in [2.24, 2.45) is 5.41 Å². The van der Waals surface area contributed by atoms with Crippen LogP contribution in [0.4, 0.5) is 10.4 Å². The first-order chi connectivity index (χ1) is 11.5. The fourth-order valence-electron chi connectivity index (χ4n) is 3.88. The van der Waals surface area contributed by atoms with E-state index in [-0.39, 0.29) is 16.6 Å². The Hall–Kier alpha value is -1.64. The molecule has 1 aromatic carbocycles. The van der Waals surface area contributed by atoms with Gasteiger partial charge in [0.25, 0.3) is 6.01 Å². The SMILES string of the molecule is CN1CCC2(CC1)CCN(c1nc3c(F)cc(B(O)O)cc3o1)C2. The number of halogens is 1. The average molecular weight is 333 g/mol. The van der Waals surface area contributed by atoms with Gasteiger partial charge in [0.05, 0.1) is 0 Å². The molecular formula is C16H21BFN3O3. The highest BCUT2D eigenvalue weighted by Gasteiger charge is 2.41. The summed E-state index contributed by atoms with van der Waals surface area (Å²) in [6.07, 6.45) is 3.42. The van der Waals surface area contributed by atoms with Gasteiger partial charge in [-0.1, -0.05) is 0 Å². The second-order valence-corrected chi connectivity index (χ2v) is 7.19. The molecule has 2 N–H and O–H groups in total. The lowest BCUT2D eigenvalue weighted by molar-refractivity contribution is 0.141. The lowest BCUT2D eigenvalue weighted by atomic mass is 9.78. The number of piperidine rings is 1. The number of oxazole rings is 1. The fourth-order valence-corrected chi connectivity index (χ4v) is 3.88. The van der Waals surface area contributed by atoms with Crippen molar-refractivity contribution in [3.63, 3.8) is 0 Å². The molecule has 0 aliphatic carbocycles. The van der Waals surface area contributed by atoms with Gasteiger partial charge in [-0.3, -0.25) is 0 Å². The van der Waals surface area contributed by atoms with Crippen LogP contribution >= 0.6 is 0 Å². The van der Waals surface area contributed by atoms with E-state index < -0.39 is 12.9 Å². The molecule has 2 aliphatic heterocycles. The second-order valence-electron chi connectivity index (χ2n) is 7.19. The van der Waals surface area contributed by atoms with E-state index in [1.165, 1.54) is 6.07 Å². The highest BCUT2D eigenvalue weighted by Crippen LogP contribution is 2.41. The van der Waals surface area contributed by atoms with Gasteiger partial charge in [-0.25, -0.2) is 4.39 Å². The van der Waals surface area contributed by atoms with E-state index in [2.05, 4.69) is 21.8 Å². The highest BCUT2D eigenvalue weighted by molar-refractivity contribution is 6.58. The number of rotatable bonds is 2. The summed E-state index contributed by atoms with van der Waals surface area (Å²) in [5.74, 6) is -0.598. The molecule has 4 rings (SSSR count). The molecule has 1 spiro atoms. The van der Waals surface area contributed by atoms with Gasteiger partial charge in [-0.05, 0) is 62.4 Å². The number of hydrogen-bond donors (Lipinski definition) is 2. The summed E-state index contributed by atoms with van der Waals surface area (Å²) in [4.78, 5) is 8.73. The van der Waals surface area contributed by atoms with Gasteiger partial charge < -0.3 is 24.3 Å². The lowest BCUT2D eigenvalue weighted by Crippen LogP contribution is -2.39. The van der Waals surface area contributed by atoms with Crippen molar-refractivity contribution in [3.05, 3.63) is 17.9 Å². The smallest absolute Gasteiger partial charge is 0.423 e. The van der Waals surface area contributed by atoms with E-state index >= 15 is 0 Å². The average Bonchev–Trinajstić information content (AvgIpc) is 3.15. The Balaban J connectivity index is 1.60. The van der Waals surface area contributed by atoms with Crippen LogP contribution in [0.3, 0.4) is 0 Å². The summed E-state index contributed by atoms with van der Waals surface area (Å²) in [5.41, 5.74) is 0.755. The zero-order chi connectivity index (χ0) is 16.9. The van der Waals surface area contributed by atoms with Crippen LogP contribution in [0.25, 0.3) is 11.1 Å². The first-order valence-electron chi connectivity index (χ1n) is 8.35. The zero-order valence-electron chi connectivity index (χ0n) is 13.7. The van der Waals surface area contributed by atoms with E-state index in [0.717, 1.165) is 51.5 Å². The number of hydrogen-bond acceptors (Lipinski definition) is 6. The molecule has 128 valence electrons. The molecule has 2 fully saturated rings. The first kappa shape index (κ1) is 15.9. The van der Waals surface area contributed by atoms with Crippen molar-refractivity contribution >= 4 is 29.7 Å². The molecular weight excluding hydrogens is 312 g/mol. The minimum atomic E-state index is -1.73. The number of likely N-dealkylation sites (tertiary alicyclic amines) is 1. The maximum absolute atomic E-state index is 14.1. The standard InChI is InChI=1S/C16H21BFN3O3/c1-20-5-2-16(3-6-20)4-7-21(10-16)15-19-14-12(18)8-11(17(22)23)9-13(14)24-15/h8-9,22-23H,2-7,10H2,1H3. The zero-order valence-corrected chi connectivity index (χ0v) is 13.7. The van der Waals surface area contributed by atoms with Crippen molar-refractivity contribution in [1.29, 1.82) is 0 Å². The molecule has 2 saturated heterocycles. The van der Waals surface area contributed by atoms with Crippen LogP contribution in [0.1, 0.15) is 19.3 Å². The second kappa shape index (κ2) is 5.72. The quantitative estimate of drug-likeness (QED) is 0.783. The van der Waals surface area contributed by atoms with Crippen LogP contribution in [0.2, 0.25) is 0 Å². The molecule has 0 amide bonds. The van der Waals surface area contributed by atoms with Gasteiger partial charge in [0, 0.05) is 13.1 Å². The fraction of sp³-hybridized carbons (Fsp3) is 0.562. The van der Waals surface area contributed by atoms with Crippen LogP contribution in [0, 0.1) is 11.2 Å². The minimum absolute atomic E-state index is 0.0657. The van der Waals surface area contributed by atoms with Crippen LogP contribution in [-0.4, -0.2) is 60.3 Å². The molecule has 0 atom stereocenters. The van der Waals surface area contributed by atoms with Crippen molar-refractivity contribution in [1.82, 2.24) is 9.88 Å². The highest BCUT2D eigenvalue weighted by atomic mass is 19.1. The molecule has 2 aliphatic rings. The van der Waals surface area contributed by atoms with Gasteiger partial charge in [0.2, 0.25) is 0 Å². The Morgan fingerprint density at radius 2 is 1.92 bits per heavy atom. The summed E-state index contributed by atoms with van der Waals surface area (Å²) >= 11 is 0. The Kier molecular flexibility index (Phi) is 3.78. The van der Waals surface area contributed by atoms with Gasteiger partial charge in [-0.2, -0.15) is 4.98 Å². The monoisotopic (exact) mass is 333 g/mol. The summed E-state index contributed by atoms with van der Waals surface area (Å²) in [7, 11) is 0.419.